The number of carbonyl (C=O) groups excluding carboxylic acids is 1. The number of anilines is 1. The molecule has 2 atom stereocenters. The molecule has 26 heavy (non-hydrogen) atoms. The van der Waals surface area contributed by atoms with E-state index in [1.165, 1.54) is 28.7 Å². The zero-order chi connectivity index (χ0) is 18.1. The first-order valence-electron chi connectivity index (χ1n) is 8.29. The Kier molecular flexibility index (Phi) is 4.73. The second-order valence-electron chi connectivity index (χ2n) is 6.22. The molecule has 2 heterocycles. The van der Waals surface area contributed by atoms with Crippen molar-refractivity contribution in [3.63, 3.8) is 0 Å². The highest BCUT2D eigenvalue weighted by atomic mass is 32.2. The van der Waals surface area contributed by atoms with E-state index in [4.69, 9.17) is 0 Å². The van der Waals surface area contributed by atoms with Crippen molar-refractivity contribution >= 4 is 34.1 Å². The van der Waals surface area contributed by atoms with Gasteiger partial charge in [0, 0.05) is 13.0 Å². The van der Waals surface area contributed by atoms with Crippen LogP contribution in [-0.4, -0.2) is 36.6 Å². The number of benzene rings is 1. The summed E-state index contributed by atoms with van der Waals surface area (Å²) >= 11 is 2.74. The molecule has 1 aliphatic carbocycles. The van der Waals surface area contributed by atoms with Crippen molar-refractivity contribution in [3.05, 3.63) is 46.7 Å². The first-order chi connectivity index (χ1) is 12.6. The van der Waals surface area contributed by atoms with Crippen LogP contribution < -0.4 is 5.32 Å². The second-order valence-corrected chi connectivity index (χ2v) is 8.35. The molecular formula is C17H18N6OS2. The third kappa shape index (κ3) is 3.63. The first kappa shape index (κ1) is 17.2. The van der Waals surface area contributed by atoms with Gasteiger partial charge in [-0.2, -0.15) is 0 Å². The summed E-state index contributed by atoms with van der Waals surface area (Å²) < 4.78 is 2.00. The summed E-state index contributed by atoms with van der Waals surface area (Å²) in [6.07, 6.45) is 1.09. The Bertz CT molecular complexity index is 922. The number of aromatic nitrogens is 5. The lowest BCUT2D eigenvalue weighted by Crippen LogP contribution is -2.14. The molecule has 7 nitrogen and oxygen atoms in total. The quantitative estimate of drug-likeness (QED) is 0.656. The van der Waals surface area contributed by atoms with Crippen molar-refractivity contribution < 1.29 is 4.79 Å². The molecule has 134 valence electrons. The summed E-state index contributed by atoms with van der Waals surface area (Å²) in [5, 5.41) is 21.2. The standard InChI is InChI=1S/C17H18N6OS2/c1-10-19-21-16(26-10)18-14(24)9-25-17-22-20-15(23(17)2)13-8-12(13)11-6-4-3-5-7-11/h3-7,12-13H,8-9H2,1-2H3,(H,18,21,24). The van der Waals surface area contributed by atoms with Crippen molar-refractivity contribution in [2.24, 2.45) is 7.05 Å². The third-order valence-electron chi connectivity index (χ3n) is 4.32. The second kappa shape index (κ2) is 7.16. The van der Waals surface area contributed by atoms with Gasteiger partial charge in [-0.1, -0.05) is 53.4 Å². The number of hydrogen-bond acceptors (Lipinski definition) is 7. The predicted octanol–water partition coefficient (Wildman–Crippen LogP) is 2.98. The maximum atomic E-state index is 12.0. The summed E-state index contributed by atoms with van der Waals surface area (Å²) in [5.41, 5.74) is 1.35. The Morgan fingerprint density at radius 1 is 1.23 bits per heavy atom. The zero-order valence-corrected chi connectivity index (χ0v) is 16.0. The van der Waals surface area contributed by atoms with Crippen molar-refractivity contribution in [1.29, 1.82) is 0 Å². The zero-order valence-electron chi connectivity index (χ0n) is 14.4. The van der Waals surface area contributed by atoms with Gasteiger partial charge in [-0.3, -0.25) is 10.1 Å². The minimum atomic E-state index is -0.121. The highest BCUT2D eigenvalue weighted by Crippen LogP contribution is 2.54. The normalized spacial score (nSPS) is 18.7. The van der Waals surface area contributed by atoms with Crippen molar-refractivity contribution in [2.75, 3.05) is 11.1 Å². The molecule has 1 aliphatic rings. The summed E-state index contributed by atoms with van der Waals surface area (Å²) in [6, 6.07) is 10.5. The minimum Gasteiger partial charge on any atom is -0.309 e. The van der Waals surface area contributed by atoms with E-state index in [1.807, 2.05) is 24.6 Å². The van der Waals surface area contributed by atoms with Crippen LogP contribution in [0.1, 0.15) is 34.7 Å². The SMILES string of the molecule is Cc1nnc(NC(=O)CSc2nnc(C3CC3c3ccccc3)n2C)s1. The highest BCUT2D eigenvalue weighted by Gasteiger charge is 2.42. The lowest BCUT2D eigenvalue weighted by molar-refractivity contribution is -0.113. The van der Waals surface area contributed by atoms with E-state index in [0.717, 1.165) is 22.4 Å². The van der Waals surface area contributed by atoms with E-state index in [2.05, 4.69) is 50.0 Å². The fourth-order valence-corrected chi connectivity index (χ4v) is 4.28. The van der Waals surface area contributed by atoms with Crippen LogP contribution in [0.3, 0.4) is 0 Å². The maximum absolute atomic E-state index is 12.0. The third-order valence-corrected chi connectivity index (χ3v) is 6.10. The number of nitrogens with zero attached hydrogens (tertiary/aromatic N) is 5. The first-order valence-corrected chi connectivity index (χ1v) is 10.1. The highest BCUT2D eigenvalue weighted by molar-refractivity contribution is 7.99. The van der Waals surface area contributed by atoms with Crippen LogP contribution in [0.15, 0.2) is 35.5 Å². The number of nitrogens with one attached hydrogen (secondary N) is 1. The van der Waals surface area contributed by atoms with E-state index in [-0.39, 0.29) is 11.7 Å². The Balaban J connectivity index is 1.35. The number of amides is 1. The average Bonchev–Trinajstić information content (AvgIpc) is 3.20. The molecule has 1 aromatic carbocycles. The van der Waals surface area contributed by atoms with Gasteiger partial charge < -0.3 is 4.57 Å². The van der Waals surface area contributed by atoms with Gasteiger partial charge in [-0.25, -0.2) is 0 Å². The molecule has 0 aliphatic heterocycles. The largest absolute Gasteiger partial charge is 0.309 e. The van der Waals surface area contributed by atoms with Gasteiger partial charge in [-0.15, -0.1) is 20.4 Å². The number of carbonyl (C=O) groups is 1. The molecule has 0 radical (unpaired) electrons. The molecule has 1 amide bonds. The molecule has 3 aromatic rings. The van der Waals surface area contributed by atoms with Crippen LogP contribution in [-0.2, 0) is 11.8 Å². The molecule has 1 fully saturated rings. The lowest BCUT2D eigenvalue weighted by atomic mass is 10.1. The number of thioether (sulfide) groups is 1. The van der Waals surface area contributed by atoms with Crippen LogP contribution in [0.5, 0.6) is 0 Å². The Morgan fingerprint density at radius 2 is 2.04 bits per heavy atom. The molecule has 1 N–H and O–H groups in total. The van der Waals surface area contributed by atoms with Crippen LogP contribution >= 0.6 is 23.1 Å². The fourth-order valence-electron chi connectivity index (χ4n) is 2.96. The van der Waals surface area contributed by atoms with Gasteiger partial charge in [0.1, 0.15) is 10.8 Å². The smallest absolute Gasteiger partial charge is 0.236 e. The topological polar surface area (TPSA) is 85.6 Å². The molecule has 0 saturated heterocycles. The van der Waals surface area contributed by atoms with Gasteiger partial charge in [0.2, 0.25) is 11.0 Å². The van der Waals surface area contributed by atoms with E-state index in [9.17, 15) is 4.79 Å². The number of rotatable bonds is 6. The Hall–Kier alpha value is -2.26. The molecule has 0 bridgehead atoms. The van der Waals surface area contributed by atoms with Crippen LogP contribution in [0.2, 0.25) is 0 Å². The number of aryl methyl sites for hydroxylation is 1. The lowest BCUT2D eigenvalue weighted by Gasteiger charge is -2.04. The molecule has 9 heteroatoms. The molecule has 2 unspecified atom stereocenters. The average molecular weight is 387 g/mol. The molecule has 4 rings (SSSR count). The van der Waals surface area contributed by atoms with Crippen molar-refractivity contribution in [2.45, 2.75) is 30.3 Å². The summed E-state index contributed by atoms with van der Waals surface area (Å²) in [5.74, 6) is 2.05. The molecule has 1 saturated carbocycles. The monoisotopic (exact) mass is 386 g/mol. The Morgan fingerprint density at radius 3 is 2.77 bits per heavy atom. The fraction of sp³-hybridized carbons (Fsp3) is 0.353. The van der Waals surface area contributed by atoms with Crippen LogP contribution in [0.4, 0.5) is 5.13 Å². The summed E-state index contributed by atoms with van der Waals surface area (Å²) in [6.45, 7) is 1.85. The minimum absolute atomic E-state index is 0.121. The van der Waals surface area contributed by atoms with Gasteiger partial charge in [0.15, 0.2) is 5.16 Å². The number of hydrogen-bond donors (Lipinski definition) is 1. The predicted molar refractivity (Wildman–Crippen MR) is 102 cm³/mol. The van der Waals surface area contributed by atoms with Gasteiger partial charge in [0.25, 0.3) is 0 Å². The van der Waals surface area contributed by atoms with E-state index in [0.29, 0.717) is 17.0 Å². The molecule has 2 aromatic heterocycles. The summed E-state index contributed by atoms with van der Waals surface area (Å²) in [7, 11) is 1.96. The Labute approximate surface area is 159 Å². The summed E-state index contributed by atoms with van der Waals surface area (Å²) in [4.78, 5) is 12.0. The van der Waals surface area contributed by atoms with Gasteiger partial charge in [-0.05, 0) is 24.8 Å². The van der Waals surface area contributed by atoms with Crippen LogP contribution in [0, 0.1) is 6.92 Å². The van der Waals surface area contributed by atoms with E-state index in [1.54, 1.807) is 0 Å². The maximum Gasteiger partial charge on any atom is 0.236 e. The van der Waals surface area contributed by atoms with E-state index >= 15 is 0 Å². The van der Waals surface area contributed by atoms with E-state index < -0.39 is 0 Å². The molecule has 0 spiro atoms. The van der Waals surface area contributed by atoms with Crippen molar-refractivity contribution in [3.8, 4) is 0 Å². The van der Waals surface area contributed by atoms with Gasteiger partial charge >= 0.3 is 0 Å². The van der Waals surface area contributed by atoms with Crippen molar-refractivity contribution in [1.82, 2.24) is 25.0 Å². The van der Waals surface area contributed by atoms with Crippen LogP contribution in [0.25, 0.3) is 0 Å². The van der Waals surface area contributed by atoms with Gasteiger partial charge in [0.05, 0.1) is 5.75 Å². The molecular weight excluding hydrogens is 368 g/mol.